The summed E-state index contributed by atoms with van der Waals surface area (Å²) in [7, 11) is -5.69. The Morgan fingerprint density at radius 1 is 0.376 bits per heavy atom. The summed E-state index contributed by atoms with van der Waals surface area (Å²) in [5.74, 6) is -1.98. The van der Waals surface area contributed by atoms with Crippen molar-refractivity contribution in [3.05, 3.63) is 0 Å². The quantitative estimate of drug-likeness (QED) is 0.0117. The summed E-state index contributed by atoms with van der Waals surface area (Å²) < 4.78 is 64.9. The van der Waals surface area contributed by atoms with Crippen molar-refractivity contribution in [2.75, 3.05) is 26.4 Å². The minimum Gasteiger partial charge on any atom is -0.463 e. The first-order valence-electron chi connectivity index (χ1n) is 36.3. The van der Waals surface area contributed by atoms with Crippen LogP contribution in [0.2, 0.25) is 0 Å². The smallest absolute Gasteiger partial charge is 0.463 e. The number of carbonyl (C=O) groups excluding carboxylic acids is 3. The average molecular weight is 1360 g/mol. The summed E-state index contributed by atoms with van der Waals surface area (Å²) in [6.07, 6.45) is 6.20. The van der Waals surface area contributed by atoms with Crippen molar-refractivity contribution in [3.8, 4) is 0 Å². The lowest BCUT2D eigenvalue weighted by Gasteiger charge is -2.49. The molecule has 0 aromatic carbocycles. The molecule has 2 heterocycles. The van der Waals surface area contributed by atoms with Crippen LogP contribution in [-0.4, -0.2) is 204 Å². The number of ether oxygens (including phenoxy) is 7. The molecule has 93 heavy (non-hydrogen) atoms. The molecule has 0 bridgehead atoms. The van der Waals surface area contributed by atoms with E-state index in [1.54, 1.807) is 0 Å². The zero-order valence-corrected chi connectivity index (χ0v) is 57.7. The Hall–Kier alpha value is -2.04. The first kappa shape index (κ1) is 85.2. The van der Waals surface area contributed by atoms with E-state index in [0.29, 0.717) is 19.3 Å². The standard InChI is InChI=1S/C68H127O24P/c1-4-7-10-13-16-19-22-25-26-29-32-35-38-41-44-54(72)87-49(46-84-52(70)42-39-36-33-30-27-23-20-17-14-11-8-5-2)47-86-93(82,83)92-66-64(90-67-62(80)57(75)55(73)50(45-69)88-67)60(78)59(77)61(79)65(66)91-68-63(81)58(76)56(74)51(89-68)48-85-53(71)43-40-37-34-31-28-24-21-18-15-12-9-6-3/h49-51,55-69,73-81H,4-48H2,1-3H3,(H,82,83). The molecule has 1 aliphatic carbocycles. The Kier molecular flexibility index (Phi) is 46.9. The number of aliphatic hydroxyl groups is 10. The van der Waals surface area contributed by atoms with E-state index in [-0.39, 0.29) is 19.3 Å². The van der Waals surface area contributed by atoms with Gasteiger partial charge in [0.25, 0.3) is 0 Å². The van der Waals surface area contributed by atoms with Crippen LogP contribution in [0.5, 0.6) is 0 Å². The zero-order chi connectivity index (χ0) is 68.2. The van der Waals surface area contributed by atoms with Gasteiger partial charge in [-0.05, 0) is 19.3 Å². The van der Waals surface area contributed by atoms with Gasteiger partial charge in [-0.15, -0.1) is 0 Å². The number of aliphatic hydroxyl groups excluding tert-OH is 10. The molecule has 18 unspecified atom stereocenters. The molecule has 3 fully saturated rings. The van der Waals surface area contributed by atoms with E-state index in [4.69, 9.17) is 42.2 Å². The maximum atomic E-state index is 14.3. The maximum Gasteiger partial charge on any atom is 0.472 e. The van der Waals surface area contributed by atoms with E-state index in [1.807, 2.05) is 0 Å². The summed E-state index contributed by atoms with van der Waals surface area (Å²) in [5.41, 5.74) is 0. The SMILES string of the molecule is CCCCCCCCCCCCCCCCC(=O)OC(COC(=O)CCCCCCCCCCCCCC)COP(=O)(O)OC1C(OC2OC(CO)C(O)C(O)C2O)C(O)C(O)C(O)C1OC1OC(COC(=O)CCCCCCCCCCCCCC)C(O)C(O)C1O. The first-order chi connectivity index (χ1) is 44.8. The third-order valence-electron chi connectivity index (χ3n) is 18.1. The van der Waals surface area contributed by atoms with Crippen LogP contribution in [0, 0.1) is 0 Å². The van der Waals surface area contributed by atoms with Gasteiger partial charge < -0.3 is 89.1 Å². The number of esters is 3. The Morgan fingerprint density at radius 2 is 0.688 bits per heavy atom. The summed E-state index contributed by atoms with van der Waals surface area (Å²) >= 11 is 0. The highest BCUT2D eigenvalue weighted by molar-refractivity contribution is 7.47. The number of hydrogen-bond donors (Lipinski definition) is 11. The van der Waals surface area contributed by atoms with Crippen molar-refractivity contribution < 1.29 is 117 Å². The molecule has 3 aliphatic rings. The van der Waals surface area contributed by atoms with Crippen LogP contribution in [0.3, 0.4) is 0 Å². The van der Waals surface area contributed by atoms with E-state index >= 15 is 0 Å². The van der Waals surface area contributed by atoms with Crippen molar-refractivity contribution in [2.45, 2.75) is 388 Å². The van der Waals surface area contributed by atoms with Crippen LogP contribution in [0.25, 0.3) is 0 Å². The van der Waals surface area contributed by atoms with Gasteiger partial charge in [0, 0.05) is 19.3 Å². The van der Waals surface area contributed by atoms with Gasteiger partial charge in [-0.1, -0.05) is 245 Å². The van der Waals surface area contributed by atoms with E-state index in [9.17, 15) is 74.9 Å². The second-order valence-corrected chi connectivity index (χ2v) is 27.7. The third-order valence-corrected chi connectivity index (χ3v) is 19.1. The third kappa shape index (κ3) is 35.0. The number of carbonyl (C=O) groups is 3. The lowest BCUT2D eigenvalue weighted by Crippen LogP contribution is -2.69. The molecule has 11 N–H and O–H groups in total. The summed E-state index contributed by atoms with van der Waals surface area (Å²) in [6, 6.07) is 0. The normalized spacial score (nSPS) is 28.4. The molecular formula is C68H127O24P. The van der Waals surface area contributed by atoms with Crippen LogP contribution in [-0.2, 0) is 61.2 Å². The Balaban J connectivity index is 1.75. The lowest BCUT2D eigenvalue weighted by molar-refractivity contribution is -0.360. The van der Waals surface area contributed by atoms with Gasteiger partial charge in [0.2, 0.25) is 0 Å². The fourth-order valence-electron chi connectivity index (χ4n) is 12.2. The molecule has 0 aromatic rings. The van der Waals surface area contributed by atoms with Crippen molar-refractivity contribution in [2.24, 2.45) is 0 Å². The molecular weight excluding hydrogens is 1230 g/mol. The highest BCUT2D eigenvalue weighted by Crippen LogP contribution is 2.49. The predicted octanol–water partition coefficient (Wildman–Crippen LogP) is 9.01. The molecule has 0 aromatic heterocycles. The number of hydrogen-bond acceptors (Lipinski definition) is 23. The van der Waals surface area contributed by atoms with Crippen LogP contribution < -0.4 is 0 Å². The van der Waals surface area contributed by atoms with Gasteiger partial charge in [0.1, 0.15) is 98.7 Å². The number of phosphoric acid groups is 1. The van der Waals surface area contributed by atoms with Gasteiger partial charge in [-0.2, -0.15) is 0 Å². The Labute approximate surface area is 555 Å². The Morgan fingerprint density at radius 3 is 1.05 bits per heavy atom. The second-order valence-electron chi connectivity index (χ2n) is 26.3. The van der Waals surface area contributed by atoms with Gasteiger partial charge in [-0.25, -0.2) is 4.57 Å². The molecule has 0 amide bonds. The summed E-state index contributed by atoms with van der Waals surface area (Å²) in [6.45, 7) is 3.43. The number of rotatable bonds is 56. The first-order valence-corrected chi connectivity index (χ1v) is 37.8. The molecule has 25 heteroatoms. The fourth-order valence-corrected chi connectivity index (χ4v) is 13.1. The fraction of sp³-hybridized carbons (Fsp3) is 0.956. The van der Waals surface area contributed by atoms with Crippen molar-refractivity contribution in [1.82, 2.24) is 0 Å². The average Bonchev–Trinajstić information content (AvgIpc) is 0.775. The molecule has 0 spiro atoms. The van der Waals surface area contributed by atoms with Crippen molar-refractivity contribution in [3.63, 3.8) is 0 Å². The largest absolute Gasteiger partial charge is 0.472 e. The van der Waals surface area contributed by atoms with Gasteiger partial charge in [0.05, 0.1) is 13.2 Å². The molecule has 24 nitrogen and oxygen atoms in total. The minimum atomic E-state index is -5.69. The van der Waals surface area contributed by atoms with Crippen LogP contribution >= 0.6 is 7.82 Å². The number of unbranched alkanes of at least 4 members (excludes halogenated alkanes) is 35. The zero-order valence-electron chi connectivity index (χ0n) is 56.8. The lowest BCUT2D eigenvalue weighted by atomic mass is 9.84. The van der Waals surface area contributed by atoms with Crippen molar-refractivity contribution in [1.29, 1.82) is 0 Å². The second kappa shape index (κ2) is 51.2. The van der Waals surface area contributed by atoms with Gasteiger partial charge >= 0.3 is 25.7 Å². The van der Waals surface area contributed by atoms with Crippen LogP contribution in [0.4, 0.5) is 0 Å². The molecule has 18 atom stereocenters. The Bertz CT molecular complexity index is 1940. The predicted molar refractivity (Wildman–Crippen MR) is 347 cm³/mol. The number of phosphoric ester groups is 1. The molecule has 0 radical (unpaired) electrons. The maximum absolute atomic E-state index is 14.3. The molecule has 2 aliphatic heterocycles. The van der Waals surface area contributed by atoms with E-state index in [2.05, 4.69) is 20.8 Å². The highest BCUT2D eigenvalue weighted by Gasteiger charge is 2.58. The molecule has 548 valence electrons. The molecule has 3 rings (SSSR count). The van der Waals surface area contributed by atoms with Gasteiger partial charge in [-0.3, -0.25) is 23.4 Å². The minimum absolute atomic E-state index is 0.0331. The van der Waals surface area contributed by atoms with E-state index in [0.717, 1.165) is 96.3 Å². The topological polar surface area (TPSA) is 374 Å². The van der Waals surface area contributed by atoms with E-state index in [1.165, 1.54) is 128 Å². The molecule has 2 saturated heterocycles. The highest BCUT2D eigenvalue weighted by atomic mass is 31.2. The van der Waals surface area contributed by atoms with Crippen LogP contribution in [0.1, 0.15) is 284 Å². The van der Waals surface area contributed by atoms with Gasteiger partial charge in [0.15, 0.2) is 18.7 Å². The van der Waals surface area contributed by atoms with E-state index < -0.39 is 156 Å². The van der Waals surface area contributed by atoms with Crippen LogP contribution in [0.15, 0.2) is 0 Å². The molecule has 1 saturated carbocycles. The summed E-state index contributed by atoms with van der Waals surface area (Å²) in [5, 5.41) is 110. The van der Waals surface area contributed by atoms with Crippen molar-refractivity contribution >= 4 is 25.7 Å². The monoisotopic (exact) mass is 1360 g/mol. The summed E-state index contributed by atoms with van der Waals surface area (Å²) in [4.78, 5) is 50.8.